The molecule has 3 rings (SSSR count). The summed E-state index contributed by atoms with van der Waals surface area (Å²) in [6, 6.07) is 7.40. The molecule has 2 aromatic heterocycles. The average molecular weight is 340 g/mol. The molecule has 0 aliphatic heterocycles. The van der Waals surface area contributed by atoms with Gasteiger partial charge >= 0.3 is 0 Å². The van der Waals surface area contributed by atoms with E-state index in [2.05, 4.69) is 20.0 Å². The summed E-state index contributed by atoms with van der Waals surface area (Å²) in [5, 5.41) is 11.8. The smallest absolute Gasteiger partial charge is 0.266 e. The van der Waals surface area contributed by atoms with E-state index in [1.807, 2.05) is 0 Å². The van der Waals surface area contributed by atoms with Crippen LogP contribution in [0.5, 0.6) is 5.75 Å². The second kappa shape index (κ2) is 5.43. The molecule has 22 heavy (non-hydrogen) atoms. The van der Waals surface area contributed by atoms with Gasteiger partial charge in [-0.2, -0.15) is 4.52 Å². The highest BCUT2D eigenvalue weighted by Gasteiger charge is 2.21. The van der Waals surface area contributed by atoms with Crippen molar-refractivity contribution in [2.75, 3.05) is 11.8 Å². The molecule has 2 heterocycles. The molecule has 1 N–H and O–H groups in total. The third kappa shape index (κ3) is 2.68. The number of rotatable bonds is 4. The van der Waals surface area contributed by atoms with Gasteiger partial charge in [-0.25, -0.2) is 8.42 Å². The quantitative estimate of drug-likeness (QED) is 0.775. The number of methoxy groups -OCH3 is 1. The number of benzene rings is 1. The molecule has 114 valence electrons. The molecule has 0 unspecified atom stereocenters. The van der Waals surface area contributed by atoms with Gasteiger partial charge in [0.15, 0.2) is 11.5 Å². The number of hydrogen-bond donors (Lipinski definition) is 1. The molecule has 1 aromatic carbocycles. The molecule has 3 aromatic rings. The van der Waals surface area contributed by atoms with Gasteiger partial charge in [-0.15, -0.1) is 15.3 Å². The van der Waals surface area contributed by atoms with Crippen molar-refractivity contribution in [1.29, 1.82) is 0 Å². The first-order valence-corrected chi connectivity index (χ1v) is 7.89. The normalized spacial score (nSPS) is 11.5. The minimum atomic E-state index is -3.91. The summed E-state index contributed by atoms with van der Waals surface area (Å²) in [4.78, 5) is -0.0758. The van der Waals surface area contributed by atoms with Crippen LogP contribution >= 0.6 is 11.6 Å². The van der Waals surface area contributed by atoms with Crippen LogP contribution in [0, 0.1) is 0 Å². The fourth-order valence-electron chi connectivity index (χ4n) is 1.84. The number of aromatic nitrogens is 4. The van der Waals surface area contributed by atoms with Gasteiger partial charge in [0, 0.05) is 5.02 Å². The van der Waals surface area contributed by atoms with Crippen LogP contribution in [0.4, 0.5) is 5.82 Å². The maximum atomic E-state index is 12.5. The van der Waals surface area contributed by atoms with Gasteiger partial charge in [0.2, 0.25) is 0 Å². The molecule has 0 saturated carbocycles. The zero-order valence-corrected chi connectivity index (χ0v) is 12.8. The van der Waals surface area contributed by atoms with E-state index in [1.54, 1.807) is 12.1 Å². The number of fused-ring (bicyclic) bond motifs is 1. The van der Waals surface area contributed by atoms with Crippen LogP contribution in [-0.2, 0) is 10.0 Å². The molecule has 0 saturated heterocycles. The number of halogens is 1. The predicted octanol–water partition coefficient (Wildman–Crippen LogP) is 1.59. The van der Waals surface area contributed by atoms with Gasteiger partial charge in [-0.3, -0.25) is 4.72 Å². The van der Waals surface area contributed by atoms with Gasteiger partial charge in [0.1, 0.15) is 17.0 Å². The van der Waals surface area contributed by atoms with Crippen molar-refractivity contribution in [2.45, 2.75) is 4.90 Å². The summed E-state index contributed by atoms with van der Waals surface area (Å²) in [5.41, 5.74) is 0.503. The van der Waals surface area contributed by atoms with Crippen molar-refractivity contribution in [3.63, 3.8) is 0 Å². The van der Waals surface area contributed by atoms with E-state index in [0.717, 1.165) is 0 Å². The summed E-state index contributed by atoms with van der Waals surface area (Å²) >= 11 is 5.86. The fraction of sp³-hybridized carbons (Fsp3) is 0.0833. The topological polar surface area (TPSA) is 98.5 Å². The summed E-state index contributed by atoms with van der Waals surface area (Å²) < 4.78 is 33.7. The molecule has 0 aliphatic carbocycles. The minimum Gasteiger partial charge on any atom is -0.495 e. The van der Waals surface area contributed by atoms with Gasteiger partial charge in [-0.05, 0) is 30.3 Å². The summed E-state index contributed by atoms with van der Waals surface area (Å²) in [7, 11) is -2.53. The van der Waals surface area contributed by atoms with Crippen LogP contribution in [0.25, 0.3) is 5.65 Å². The third-order valence-corrected chi connectivity index (χ3v) is 4.43. The zero-order chi connectivity index (χ0) is 15.7. The zero-order valence-electron chi connectivity index (χ0n) is 11.3. The summed E-state index contributed by atoms with van der Waals surface area (Å²) in [6.45, 7) is 0. The molecule has 0 radical (unpaired) electrons. The van der Waals surface area contributed by atoms with Crippen LogP contribution < -0.4 is 9.46 Å². The average Bonchev–Trinajstić information content (AvgIpc) is 2.94. The highest BCUT2D eigenvalue weighted by atomic mass is 35.5. The van der Waals surface area contributed by atoms with Crippen molar-refractivity contribution in [1.82, 2.24) is 19.8 Å². The number of anilines is 1. The lowest BCUT2D eigenvalue weighted by atomic mass is 10.3. The monoisotopic (exact) mass is 339 g/mol. The first-order chi connectivity index (χ1) is 10.5. The Labute approximate surface area is 130 Å². The highest BCUT2D eigenvalue weighted by molar-refractivity contribution is 7.92. The molecule has 0 aliphatic rings. The molecule has 8 nitrogen and oxygen atoms in total. The Morgan fingerprint density at radius 1 is 1.27 bits per heavy atom. The molecular weight excluding hydrogens is 330 g/mol. The highest BCUT2D eigenvalue weighted by Crippen LogP contribution is 2.28. The van der Waals surface area contributed by atoms with E-state index in [1.165, 1.54) is 36.2 Å². The largest absolute Gasteiger partial charge is 0.495 e. The van der Waals surface area contributed by atoms with Gasteiger partial charge in [0.25, 0.3) is 10.0 Å². The summed E-state index contributed by atoms with van der Waals surface area (Å²) in [6.07, 6.45) is 1.37. The van der Waals surface area contributed by atoms with E-state index in [0.29, 0.717) is 5.65 Å². The van der Waals surface area contributed by atoms with Crippen LogP contribution in [0.3, 0.4) is 0 Å². The Bertz CT molecular complexity index is 941. The Balaban J connectivity index is 2.01. The van der Waals surface area contributed by atoms with Crippen LogP contribution in [0.2, 0.25) is 5.02 Å². The van der Waals surface area contributed by atoms with E-state index in [-0.39, 0.29) is 21.5 Å². The van der Waals surface area contributed by atoms with E-state index >= 15 is 0 Å². The number of ether oxygens (including phenoxy) is 1. The molecule has 0 fully saturated rings. The summed E-state index contributed by atoms with van der Waals surface area (Å²) in [5.74, 6) is 0.302. The second-order valence-electron chi connectivity index (χ2n) is 4.25. The number of nitrogens with zero attached hydrogens (tertiary/aromatic N) is 4. The maximum absolute atomic E-state index is 12.5. The first-order valence-electron chi connectivity index (χ1n) is 6.03. The lowest BCUT2D eigenvalue weighted by molar-refractivity contribution is 0.403. The van der Waals surface area contributed by atoms with E-state index in [9.17, 15) is 8.42 Å². The Morgan fingerprint density at radius 3 is 2.86 bits per heavy atom. The lowest BCUT2D eigenvalue weighted by Gasteiger charge is -2.11. The lowest BCUT2D eigenvalue weighted by Crippen LogP contribution is -2.15. The molecule has 10 heteroatoms. The van der Waals surface area contributed by atoms with Gasteiger partial charge < -0.3 is 4.74 Å². The molecule has 0 atom stereocenters. The van der Waals surface area contributed by atoms with E-state index in [4.69, 9.17) is 16.3 Å². The number of hydrogen-bond acceptors (Lipinski definition) is 6. The number of nitrogens with one attached hydrogen (secondary N) is 1. The second-order valence-corrected chi connectivity index (χ2v) is 6.34. The van der Waals surface area contributed by atoms with Crippen molar-refractivity contribution in [3.05, 3.63) is 41.7 Å². The number of sulfonamides is 1. The first kappa shape index (κ1) is 14.5. The van der Waals surface area contributed by atoms with Crippen molar-refractivity contribution >= 4 is 33.1 Å². The molecule has 0 spiro atoms. The molecular formula is C12H10ClN5O3S. The Kier molecular flexibility index (Phi) is 3.59. The van der Waals surface area contributed by atoms with E-state index < -0.39 is 10.0 Å². The molecule has 0 amide bonds. The van der Waals surface area contributed by atoms with Crippen molar-refractivity contribution in [2.24, 2.45) is 0 Å². The van der Waals surface area contributed by atoms with Crippen molar-refractivity contribution in [3.8, 4) is 5.75 Å². The Hall–Kier alpha value is -2.39. The standard InChI is InChI=1S/C12H10ClN5O3S/c1-21-9-3-2-8(13)6-10(9)22(19,20)17-11-4-5-12-15-14-7-18(12)16-11/h2-7H,1H3,(H,16,17). The SMILES string of the molecule is COc1ccc(Cl)cc1S(=O)(=O)Nc1ccc2nncn2n1. The Morgan fingerprint density at radius 2 is 2.09 bits per heavy atom. The van der Waals surface area contributed by atoms with Crippen LogP contribution in [0.15, 0.2) is 41.6 Å². The third-order valence-electron chi connectivity index (χ3n) is 2.82. The maximum Gasteiger partial charge on any atom is 0.266 e. The van der Waals surface area contributed by atoms with Gasteiger partial charge in [-0.1, -0.05) is 11.6 Å². The minimum absolute atomic E-state index is 0.0758. The van der Waals surface area contributed by atoms with Crippen molar-refractivity contribution < 1.29 is 13.2 Å². The van der Waals surface area contributed by atoms with Crippen LogP contribution in [0.1, 0.15) is 0 Å². The molecule has 0 bridgehead atoms. The van der Waals surface area contributed by atoms with Crippen LogP contribution in [-0.4, -0.2) is 35.3 Å². The predicted molar refractivity (Wildman–Crippen MR) is 79.6 cm³/mol. The fourth-order valence-corrected chi connectivity index (χ4v) is 3.27. The van der Waals surface area contributed by atoms with Gasteiger partial charge in [0.05, 0.1) is 7.11 Å².